The van der Waals surface area contributed by atoms with E-state index in [0.29, 0.717) is 24.3 Å². The van der Waals surface area contributed by atoms with Crippen LogP contribution in [-0.2, 0) is 11.8 Å². The second-order valence-electron chi connectivity index (χ2n) is 6.48. The SMILES string of the molecule is Fc1ccc2c(c1C(F)F)SC(F)(F)C2(F)F.O=Cc1c(F)ccc2c1SC(F)(F)C2(F)F. The summed E-state index contributed by atoms with van der Waals surface area (Å²) in [6, 6.07) is 1.91. The molecule has 180 valence electrons. The third-order valence-corrected chi connectivity index (χ3v) is 6.80. The van der Waals surface area contributed by atoms with Crippen LogP contribution < -0.4 is 0 Å². The number of thioether (sulfide) groups is 2. The van der Waals surface area contributed by atoms with Gasteiger partial charge in [0.05, 0.1) is 11.1 Å². The topological polar surface area (TPSA) is 17.1 Å². The van der Waals surface area contributed by atoms with Crippen LogP contribution in [0.4, 0.5) is 52.7 Å². The molecule has 0 amide bonds. The van der Waals surface area contributed by atoms with Gasteiger partial charge in [-0.1, -0.05) is 0 Å². The molecule has 4 rings (SSSR count). The van der Waals surface area contributed by atoms with Crippen LogP contribution in [0.3, 0.4) is 0 Å². The summed E-state index contributed by atoms with van der Waals surface area (Å²) in [6.07, 6.45) is -3.47. The molecule has 0 saturated heterocycles. The van der Waals surface area contributed by atoms with E-state index in [0.717, 1.165) is 0 Å². The van der Waals surface area contributed by atoms with Crippen LogP contribution in [0.15, 0.2) is 34.1 Å². The van der Waals surface area contributed by atoms with Crippen molar-refractivity contribution in [2.45, 2.75) is 38.6 Å². The maximum atomic E-state index is 13.2. The van der Waals surface area contributed by atoms with E-state index in [1.807, 2.05) is 0 Å². The van der Waals surface area contributed by atoms with Crippen molar-refractivity contribution in [3.8, 4) is 0 Å². The zero-order chi connectivity index (χ0) is 25.1. The van der Waals surface area contributed by atoms with Gasteiger partial charge in [0.2, 0.25) is 0 Å². The van der Waals surface area contributed by atoms with Crippen LogP contribution in [0.25, 0.3) is 0 Å². The van der Waals surface area contributed by atoms with Crippen molar-refractivity contribution in [3.05, 3.63) is 58.2 Å². The van der Waals surface area contributed by atoms with Crippen molar-refractivity contribution in [1.29, 1.82) is 0 Å². The van der Waals surface area contributed by atoms with Crippen molar-refractivity contribution in [3.63, 3.8) is 0 Å². The molecular weight excluding hydrogens is 524 g/mol. The molecule has 0 saturated carbocycles. The first-order valence-electron chi connectivity index (χ1n) is 8.28. The van der Waals surface area contributed by atoms with E-state index in [2.05, 4.69) is 0 Å². The van der Waals surface area contributed by atoms with Gasteiger partial charge in [-0.3, -0.25) is 4.79 Å². The van der Waals surface area contributed by atoms with Gasteiger partial charge in [0.25, 0.3) is 6.43 Å². The Morgan fingerprint density at radius 1 is 0.697 bits per heavy atom. The number of fused-ring (bicyclic) bond motifs is 2. The molecule has 15 heteroatoms. The normalized spacial score (nSPS) is 20.6. The Balaban J connectivity index is 0.000000186. The van der Waals surface area contributed by atoms with Crippen LogP contribution in [0.5, 0.6) is 0 Å². The largest absolute Gasteiger partial charge is 0.364 e. The van der Waals surface area contributed by atoms with E-state index in [1.165, 1.54) is 0 Å². The molecule has 1 nitrogen and oxygen atoms in total. The molecule has 2 aromatic rings. The molecule has 0 bridgehead atoms. The molecule has 0 unspecified atom stereocenters. The average Bonchev–Trinajstić information content (AvgIpc) is 2.96. The van der Waals surface area contributed by atoms with Gasteiger partial charge in [-0.25, -0.2) is 17.6 Å². The summed E-state index contributed by atoms with van der Waals surface area (Å²) in [5.74, 6) is -11.5. The number of aldehydes is 1. The smallest absolute Gasteiger partial charge is 0.298 e. The summed E-state index contributed by atoms with van der Waals surface area (Å²) in [5.41, 5.74) is -4.42. The van der Waals surface area contributed by atoms with Crippen molar-refractivity contribution < 1.29 is 57.5 Å². The molecule has 2 aliphatic rings. The molecule has 0 fully saturated rings. The maximum absolute atomic E-state index is 13.2. The van der Waals surface area contributed by atoms with Crippen LogP contribution in [0.1, 0.15) is 33.5 Å². The predicted octanol–water partition coefficient (Wildman–Crippen LogP) is 7.98. The zero-order valence-corrected chi connectivity index (χ0v) is 16.9. The summed E-state index contributed by atoms with van der Waals surface area (Å²) in [7, 11) is 0. The van der Waals surface area contributed by atoms with E-state index in [4.69, 9.17) is 0 Å². The average molecular weight is 530 g/mol. The Bertz CT molecular complexity index is 1120. The molecule has 0 atom stereocenters. The van der Waals surface area contributed by atoms with E-state index in [9.17, 15) is 57.5 Å². The van der Waals surface area contributed by atoms with Crippen LogP contribution in [0.2, 0.25) is 0 Å². The number of rotatable bonds is 2. The van der Waals surface area contributed by atoms with E-state index < -0.39 is 96.0 Å². The molecule has 0 spiro atoms. The summed E-state index contributed by atoms with van der Waals surface area (Å²) in [4.78, 5) is 8.70. The Labute approximate surface area is 184 Å². The van der Waals surface area contributed by atoms with Gasteiger partial charge in [0, 0.05) is 20.9 Å². The Morgan fingerprint density at radius 2 is 1.12 bits per heavy atom. The molecule has 2 aliphatic heterocycles. The lowest BCUT2D eigenvalue weighted by molar-refractivity contribution is -0.154. The van der Waals surface area contributed by atoms with Gasteiger partial charge in [-0.15, -0.1) is 0 Å². The highest BCUT2D eigenvalue weighted by Crippen LogP contribution is 2.63. The Morgan fingerprint density at radius 3 is 1.58 bits per heavy atom. The van der Waals surface area contributed by atoms with Crippen LogP contribution in [-0.4, -0.2) is 16.8 Å². The van der Waals surface area contributed by atoms with Gasteiger partial charge in [0.1, 0.15) is 11.6 Å². The number of carbonyl (C=O) groups is 1. The Hall–Kier alpha value is -2.03. The maximum Gasteiger partial charge on any atom is 0.364 e. The molecule has 2 aromatic carbocycles. The minimum Gasteiger partial charge on any atom is -0.298 e. The fourth-order valence-corrected chi connectivity index (χ4v) is 5.03. The minimum atomic E-state index is -4.58. The quantitative estimate of drug-likeness (QED) is 0.290. The van der Waals surface area contributed by atoms with Crippen LogP contribution >= 0.6 is 23.5 Å². The highest BCUT2D eigenvalue weighted by Gasteiger charge is 2.66. The van der Waals surface area contributed by atoms with Gasteiger partial charge in [-0.2, -0.15) is 35.1 Å². The van der Waals surface area contributed by atoms with Crippen molar-refractivity contribution >= 4 is 29.8 Å². The molecule has 0 aliphatic carbocycles. The number of hydrogen-bond acceptors (Lipinski definition) is 3. The number of alkyl halides is 10. The first-order chi connectivity index (χ1) is 15.0. The van der Waals surface area contributed by atoms with Crippen molar-refractivity contribution in [2.75, 3.05) is 0 Å². The highest BCUT2D eigenvalue weighted by atomic mass is 32.2. The predicted molar refractivity (Wildman–Crippen MR) is 92.5 cm³/mol. The molecule has 0 radical (unpaired) electrons. The first kappa shape index (κ1) is 25.6. The first-order valence-corrected chi connectivity index (χ1v) is 9.91. The number of benzene rings is 2. The molecule has 33 heavy (non-hydrogen) atoms. The standard InChI is InChI=1S/C9H3F7S.C9H3F5OS/c10-4-2-1-3-6(5(4)7(11)12)17-9(15,16)8(3,13)14;10-6-2-1-5-7(4(6)3-15)16-9(13,14)8(5,11)12/h1-2,7H;1-3H. The van der Waals surface area contributed by atoms with E-state index in [1.54, 1.807) is 0 Å². The third-order valence-electron chi connectivity index (χ3n) is 4.49. The lowest BCUT2D eigenvalue weighted by atomic mass is 10.1. The van der Waals surface area contributed by atoms with E-state index in [-0.39, 0.29) is 6.29 Å². The van der Waals surface area contributed by atoms with Gasteiger partial charge in [0.15, 0.2) is 6.29 Å². The fraction of sp³-hybridized carbons (Fsp3) is 0.278. The third kappa shape index (κ3) is 3.86. The molecule has 2 heterocycles. The minimum absolute atomic E-state index is 0.0430. The monoisotopic (exact) mass is 530 g/mol. The second kappa shape index (κ2) is 8.03. The molecular formula is C18H6F12OS2. The number of halogens is 12. The highest BCUT2D eigenvalue weighted by molar-refractivity contribution is 8.01. The fourth-order valence-electron chi connectivity index (χ4n) is 2.88. The second-order valence-corrected chi connectivity index (χ2v) is 8.73. The lowest BCUT2D eigenvalue weighted by Gasteiger charge is -2.17. The van der Waals surface area contributed by atoms with Gasteiger partial charge in [-0.05, 0) is 47.8 Å². The van der Waals surface area contributed by atoms with E-state index >= 15 is 0 Å². The van der Waals surface area contributed by atoms with Crippen molar-refractivity contribution in [2.24, 2.45) is 0 Å². The number of carbonyl (C=O) groups excluding carboxylic acids is 1. The van der Waals surface area contributed by atoms with Gasteiger partial charge >= 0.3 is 22.4 Å². The zero-order valence-electron chi connectivity index (χ0n) is 15.2. The summed E-state index contributed by atoms with van der Waals surface area (Å²) >= 11 is -1.22. The number of hydrogen-bond donors (Lipinski definition) is 0. The lowest BCUT2D eigenvalue weighted by Crippen LogP contribution is -2.29. The summed E-state index contributed by atoms with van der Waals surface area (Å²) in [5, 5.41) is -8.91. The van der Waals surface area contributed by atoms with Gasteiger partial charge < -0.3 is 0 Å². The summed E-state index contributed by atoms with van der Waals surface area (Å²) < 4.78 is 155. The summed E-state index contributed by atoms with van der Waals surface area (Å²) in [6.45, 7) is 0. The molecule has 0 N–H and O–H groups in total. The Kier molecular flexibility index (Phi) is 6.23. The molecule has 0 aromatic heterocycles. The van der Waals surface area contributed by atoms with Crippen molar-refractivity contribution in [1.82, 2.24) is 0 Å². The van der Waals surface area contributed by atoms with Crippen LogP contribution in [0, 0.1) is 11.6 Å².